The third-order valence-corrected chi connectivity index (χ3v) is 1.89. The molecule has 0 saturated heterocycles. The lowest BCUT2D eigenvalue weighted by Crippen LogP contribution is -2.09. The molecule has 1 unspecified atom stereocenters. The minimum Gasteiger partial charge on any atom is -0.456 e. The number of aliphatic hydroxyl groups excluding tert-OH is 1. The minimum atomic E-state index is -0.841. The predicted molar refractivity (Wildman–Crippen MR) is 60.6 cm³/mol. The van der Waals surface area contributed by atoms with Crippen molar-refractivity contribution < 1.29 is 14.6 Å². The molecule has 0 bridgehead atoms. The van der Waals surface area contributed by atoms with E-state index in [2.05, 4.69) is 16.6 Å². The van der Waals surface area contributed by atoms with Gasteiger partial charge in [0.1, 0.15) is 6.10 Å². The van der Waals surface area contributed by atoms with Crippen LogP contribution in [-0.2, 0) is 16.0 Å². The van der Waals surface area contributed by atoms with Gasteiger partial charge in [-0.05, 0) is 12.5 Å². The van der Waals surface area contributed by atoms with E-state index in [0.717, 1.165) is 5.56 Å². The Morgan fingerprint density at radius 3 is 2.75 bits per heavy atom. The van der Waals surface area contributed by atoms with Crippen LogP contribution < -0.4 is 0 Å². The Balaban J connectivity index is 2.47. The van der Waals surface area contributed by atoms with Crippen LogP contribution in [0.3, 0.4) is 0 Å². The number of esters is 1. The van der Waals surface area contributed by atoms with E-state index in [0.29, 0.717) is 13.0 Å². The van der Waals surface area contributed by atoms with E-state index in [1.54, 1.807) is 6.92 Å². The number of ether oxygens (including phenoxy) is 1. The maximum Gasteiger partial charge on any atom is 0.384 e. The molecule has 3 nitrogen and oxygen atoms in total. The first kappa shape index (κ1) is 12.3. The van der Waals surface area contributed by atoms with Crippen molar-refractivity contribution in [3.63, 3.8) is 0 Å². The third-order valence-electron chi connectivity index (χ3n) is 1.89. The summed E-state index contributed by atoms with van der Waals surface area (Å²) in [6.07, 6.45) is -0.431. The monoisotopic (exact) mass is 218 g/mol. The van der Waals surface area contributed by atoms with Crippen LogP contribution in [0, 0.1) is 11.8 Å². The molecule has 0 heterocycles. The third kappa shape index (κ3) is 4.63. The van der Waals surface area contributed by atoms with E-state index in [9.17, 15) is 9.90 Å². The number of aliphatic hydroxyl groups is 1. The molecule has 1 aromatic rings. The van der Waals surface area contributed by atoms with Gasteiger partial charge >= 0.3 is 5.97 Å². The van der Waals surface area contributed by atoms with Gasteiger partial charge in [-0.3, -0.25) is 0 Å². The fourth-order valence-electron chi connectivity index (χ4n) is 1.20. The van der Waals surface area contributed by atoms with Gasteiger partial charge in [0.2, 0.25) is 0 Å². The van der Waals surface area contributed by atoms with Gasteiger partial charge in [0.05, 0.1) is 6.61 Å². The van der Waals surface area contributed by atoms with Crippen LogP contribution in [0.25, 0.3) is 0 Å². The van der Waals surface area contributed by atoms with Crippen molar-refractivity contribution in [2.24, 2.45) is 0 Å². The van der Waals surface area contributed by atoms with E-state index in [-0.39, 0.29) is 0 Å². The summed E-state index contributed by atoms with van der Waals surface area (Å²) < 4.78 is 4.62. The van der Waals surface area contributed by atoms with E-state index in [4.69, 9.17) is 0 Å². The first-order chi connectivity index (χ1) is 7.72. The first-order valence-corrected chi connectivity index (χ1v) is 5.12. The highest BCUT2D eigenvalue weighted by Crippen LogP contribution is 2.02. The molecule has 0 aromatic heterocycles. The quantitative estimate of drug-likeness (QED) is 0.470. The van der Waals surface area contributed by atoms with Crippen molar-refractivity contribution in [1.82, 2.24) is 0 Å². The maximum atomic E-state index is 10.9. The molecule has 16 heavy (non-hydrogen) atoms. The molecule has 0 fully saturated rings. The highest BCUT2D eigenvalue weighted by Gasteiger charge is 2.01. The second kappa shape index (κ2) is 6.65. The molecule has 1 N–H and O–H groups in total. The molecule has 1 rings (SSSR count). The van der Waals surface area contributed by atoms with Crippen LogP contribution in [0.5, 0.6) is 0 Å². The Morgan fingerprint density at radius 2 is 2.12 bits per heavy atom. The normalized spacial score (nSPS) is 11.1. The summed E-state index contributed by atoms with van der Waals surface area (Å²) in [5.74, 6) is 4.09. The molecule has 0 saturated carbocycles. The molecule has 84 valence electrons. The summed E-state index contributed by atoms with van der Waals surface area (Å²) in [5, 5.41) is 9.54. The number of carbonyl (C=O) groups is 1. The van der Waals surface area contributed by atoms with Gasteiger partial charge < -0.3 is 9.84 Å². The molecular formula is C13H14O3. The van der Waals surface area contributed by atoms with Crippen LogP contribution in [0.1, 0.15) is 12.5 Å². The number of benzene rings is 1. The summed E-state index contributed by atoms with van der Waals surface area (Å²) in [7, 11) is 0. The summed E-state index contributed by atoms with van der Waals surface area (Å²) in [6.45, 7) is 2.00. The van der Waals surface area contributed by atoms with Crippen molar-refractivity contribution >= 4 is 5.97 Å². The molecule has 3 heteroatoms. The van der Waals surface area contributed by atoms with E-state index >= 15 is 0 Å². The lowest BCUT2D eigenvalue weighted by molar-refractivity contribution is -0.136. The lowest BCUT2D eigenvalue weighted by atomic mass is 10.1. The van der Waals surface area contributed by atoms with Crippen molar-refractivity contribution in [3.8, 4) is 11.8 Å². The average molecular weight is 218 g/mol. The number of carbonyl (C=O) groups excluding carboxylic acids is 1. The zero-order valence-corrected chi connectivity index (χ0v) is 9.14. The van der Waals surface area contributed by atoms with Crippen molar-refractivity contribution in [1.29, 1.82) is 0 Å². The highest BCUT2D eigenvalue weighted by molar-refractivity contribution is 5.88. The Hall–Kier alpha value is -1.79. The molecule has 0 aliphatic heterocycles. The van der Waals surface area contributed by atoms with Crippen LogP contribution in [0.15, 0.2) is 30.3 Å². The Morgan fingerprint density at radius 1 is 1.44 bits per heavy atom. The SMILES string of the molecule is CCOC(=O)C#CC(O)Cc1ccccc1. The number of hydrogen-bond acceptors (Lipinski definition) is 3. The Kier molecular flexibility index (Phi) is 5.10. The largest absolute Gasteiger partial charge is 0.456 e. The van der Waals surface area contributed by atoms with E-state index in [1.807, 2.05) is 30.3 Å². The summed E-state index contributed by atoms with van der Waals surface area (Å²) >= 11 is 0. The zero-order chi connectivity index (χ0) is 11.8. The fourth-order valence-corrected chi connectivity index (χ4v) is 1.20. The lowest BCUT2D eigenvalue weighted by Gasteiger charge is -2.02. The summed E-state index contributed by atoms with van der Waals surface area (Å²) in [4.78, 5) is 10.9. The Labute approximate surface area is 95.1 Å². The molecule has 0 aliphatic rings. The summed E-state index contributed by atoms with van der Waals surface area (Å²) in [5.41, 5.74) is 0.980. The smallest absolute Gasteiger partial charge is 0.384 e. The highest BCUT2D eigenvalue weighted by atomic mass is 16.5. The van der Waals surface area contributed by atoms with Crippen LogP contribution in [-0.4, -0.2) is 23.8 Å². The van der Waals surface area contributed by atoms with Gasteiger partial charge in [-0.15, -0.1) is 0 Å². The molecular weight excluding hydrogens is 204 g/mol. The fraction of sp³-hybridized carbons (Fsp3) is 0.308. The van der Waals surface area contributed by atoms with Crippen LogP contribution >= 0.6 is 0 Å². The second-order valence-corrected chi connectivity index (χ2v) is 3.20. The van der Waals surface area contributed by atoms with Gasteiger partial charge in [0.15, 0.2) is 0 Å². The van der Waals surface area contributed by atoms with Gasteiger partial charge in [0, 0.05) is 12.3 Å². The molecule has 0 spiro atoms. The van der Waals surface area contributed by atoms with Crippen molar-refractivity contribution in [3.05, 3.63) is 35.9 Å². The molecule has 0 amide bonds. The van der Waals surface area contributed by atoms with Crippen molar-refractivity contribution in [2.45, 2.75) is 19.4 Å². The Bertz CT molecular complexity index is 387. The topological polar surface area (TPSA) is 46.5 Å². The zero-order valence-electron chi connectivity index (χ0n) is 9.14. The first-order valence-electron chi connectivity index (χ1n) is 5.12. The van der Waals surface area contributed by atoms with E-state index in [1.165, 1.54) is 0 Å². The molecule has 1 atom stereocenters. The van der Waals surface area contributed by atoms with Gasteiger partial charge in [0.25, 0.3) is 0 Å². The maximum absolute atomic E-state index is 10.9. The van der Waals surface area contributed by atoms with Crippen LogP contribution in [0.4, 0.5) is 0 Å². The van der Waals surface area contributed by atoms with E-state index < -0.39 is 12.1 Å². The molecule has 0 radical (unpaired) electrons. The number of hydrogen-bond donors (Lipinski definition) is 1. The van der Waals surface area contributed by atoms with Gasteiger partial charge in [-0.2, -0.15) is 0 Å². The minimum absolute atomic E-state index is 0.294. The average Bonchev–Trinajstić information content (AvgIpc) is 2.28. The summed E-state index contributed by atoms with van der Waals surface area (Å²) in [6, 6.07) is 9.48. The standard InChI is InChI=1S/C13H14O3/c1-2-16-13(15)9-8-12(14)10-11-6-4-3-5-7-11/h3-7,12,14H,2,10H2,1H3. The molecule has 0 aliphatic carbocycles. The van der Waals surface area contributed by atoms with Gasteiger partial charge in [-0.25, -0.2) is 4.79 Å². The number of rotatable bonds is 3. The second-order valence-electron chi connectivity index (χ2n) is 3.20. The van der Waals surface area contributed by atoms with Gasteiger partial charge in [-0.1, -0.05) is 36.3 Å². The van der Waals surface area contributed by atoms with Crippen LogP contribution in [0.2, 0.25) is 0 Å². The predicted octanol–water partition coefficient (Wildman–Crippen LogP) is 1.16. The van der Waals surface area contributed by atoms with Crippen molar-refractivity contribution in [2.75, 3.05) is 6.61 Å². The molecule has 1 aromatic carbocycles.